The molecule has 0 radical (unpaired) electrons. The van der Waals surface area contributed by atoms with Crippen LogP contribution in [0.1, 0.15) is 6.92 Å². The van der Waals surface area contributed by atoms with Gasteiger partial charge in [0, 0.05) is 0 Å². The van der Waals surface area contributed by atoms with E-state index in [0.717, 1.165) is 0 Å². The lowest BCUT2D eigenvalue weighted by atomic mass is 10.2. The van der Waals surface area contributed by atoms with Crippen molar-refractivity contribution >= 4 is 11.6 Å². The summed E-state index contributed by atoms with van der Waals surface area (Å²) in [7, 11) is 0. The molecule has 0 aliphatic heterocycles. The number of nitrogens with one attached hydrogen (secondary N) is 1. The Morgan fingerprint density at radius 2 is 2.12 bits per heavy atom. The van der Waals surface area contributed by atoms with E-state index in [9.17, 15) is 4.79 Å². The van der Waals surface area contributed by atoms with Gasteiger partial charge in [-0.2, -0.15) is 0 Å². The standard InChI is InChI=1S/C4H9N3O/c1-2(8)3(5)4(6)7/h3H,5H2,1H3,(H3,6,7). The van der Waals surface area contributed by atoms with Crippen molar-refractivity contribution in [2.45, 2.75) is 13.0 Å². The van der Waals surface area contributed by atoms with Crippen LogP contribution in [-0.4, -0.2) is 17.7 Å². The molecule has 0 fully saturated rings. The van der Waals surface area contributed by atoms with E-state index in [1.165, 1.54) is 6.92 Å². The minimum absolute atomic E-state index is 0.280. The van der Waals surface area contributed by atoms with Gasteiger partial charge in [0.1, 0.15) is 11.9 Å². The quantitative estimate of drug-likeness (QED) is 0.313. The Hall–Kier alpha value is -0.900. The van der Waals surface area contributed by atoms with E-state index in [0.29, 0.717) is 0 Å². The molecule has 0 saturated heterocycles. The summed E-state index contributed by atoms with van der Waals surface area (Å²) < 4.78 is 0. The fourth-order valence-electron chi connectivity index (χ4n) is 0.219. The summed E-state index contributed by atoms with van der Waals surface area (Å²) in [6.07, 6.45) is 0. The molecule has 0 rings (SSSR count). The van der Waals surface area contributed by atoms with E-state index in [1.54, 1.807) is 0 Å². The molecule has 0 amide bonds. The Labute approximate surface area is 47.4 Å². The van der Waals surface area contributed by atoms with Gasteiger partial charge in [-0.05, 0) is 6.92 Å². The second kappa shape index (κ2) is 2.42. The highest BCUT2D eigenvalue weighted by molar-refractivity contribution is 6.04. The Bertz CT molecular complexity index is 106. The third-order valence-corrected chi connectivity index (χ3v) is 0.773. The highest BCUT2D eigenvalue weighted by Gasteiger charge is 2.09. The van der Waals surface area contributed by atoms with Crippen molar-refractivity contribution in [1.29, 1.82) is 5.41 Å². The predicted molar refractivity (Wildman–Crippen MR) is 30.6 cm³/mol. The Balaban J connectivity index is 3.83. The lowest BCUT2D eigenvalue weighted by Crippen LogP contribution is -2.41. The van der Waals surface area contributed by atoms with Crippen LogP contribution in [0.2, 0.25) is 0 Å². The van der Waals surface area contributed by atoms with Gasteiger partial charge in [-0.25, -0.2) is 0 Å². The normalized spacial score (nSPS) is 12.8. The number of Topliss-reactive ketones (excluding diaryl/α,β-unsaturated/α-hetero) is 1. The monoisotopic (exact) mass is 115 g/mol. The minimum atomic E-state index is -0.907. The zero-order valence-electron chi connectivity index (χ0n) is 4.64. The second-order valence-electron chi connectivity index (χ2n) is 1.54. The summed E-state index contributed by atoms with van der Waals surface area (Å²) in [6, 6.07) is -0.907. The Morgan fingerprint density at radius 1 is 1.75 bits per heavy atom. The molecule has 1 unspecified atom stereocenters. The molecule has 0 aromatic rings. The topological polar surface area (TPSA) is 93.0 Å². The maximum absolute atomic E-state index is 10.2. The predicted octanol–water partition coefficient (Wildman–Crippen LogP) is -1.16. The smallest absolute Gasteiger partial charge is 0.154 e. The fraction of sp³-hybridized carbons (Fsp3) is 0.500. The van der Waals surface area contributed by atoms with E-state index in [-0.39, 0.29) is 11.6 Å². The van der Waals surface area contributed by atoms with Crippen LogP contribution in [0.25, 0.3) is 0 Å². The molecule has 0 heterocycles. The molecule has 5 N–H and O–H groups in total. The molecule has 0 spiro atoms. The zero-order valence-corrected chi connectivity index (χ0v) is 4.64. The van der Waals surface area contributed by atoms with Gasteiger partial charge in [-0.15, -0.1) is 0 Å². The first-order valence-corrected chi connectivity index (χ1v) is 2.15. The van der Waals surface area contributed by atoms with Crippen molar-refractivity contribution in [3.8, 4) is 0 Å². The number of ketones is 1. The highest BCUT2D eigenvalue weighted by Crippen LogP contribution is 1.76. The third-order valence-electron chi connectivity index (χ3n) is 0.773. The van der Waals surface area contributed by atoms with E-state index in [1.807, 2.05) is 0 Å². The minimum Gasteiger partial charge on any atom is -0.386 e. The highest BCUT2D eigenvalue weighted by atomic mass is 16.1. The summed E-state index contributed by atoms with van der Waals surface area (Å²) in [6.45, 7) is 1.30. The van der Waals surface area contributed by atoms with E-state index in [2.05, 4.69) is 0 Å². The van der Waals surface area contributed by atoms with Gasteiger partial charge in [0.05, 0.1) is 0 Å². The lowest BCUT2D eigenvalue weighted by Gasteiger charge is -2.01. The number of hydrogen-bond acceptors (Lipinski definition) is 3. The molecule has 0 aliphatic rings. The maximum Gasteiger partial charge on any atom is 0.154 e. The largest absolute Gasteiger partial charge is 0.386 e. The number of amidine groups is 1. The van der Waals surface area contributed by atoms with Crippen molar-refractivity contribution < 1.29 is 4.79 Å². The van der Waals surface area contributed by atoms with E-state index >= 15 is 0 Å². The number of carbonyl (C=O) groups excluding carboxylic acids is 1. The summed E-state index contributed by atoms with van der Waals surface area (Å²) in [5.74, 6) is -0.560. The number of hydrogen-bond donors (Lipinski definition) is 3. The SMILES string of the molecule is CC(=O)C(N)C(=N)N. The third kappa shape index (κ3) is 1.70. The van der Waals surface area contributed by atoms with Crippen LogP contribution in [0, 0.1) is 5.41 Å². The van der Waals surface area contributed by atoms with Crippen LogP contribution in [0.3, 0.4) is 0 Å². The van der Waals surface area contributed by atoms with Gasteiger partial charge in [0.2, 0.25) is 0 Å². The Kier molecular flexibility index (Phi) is 2.15. The van der Waals surface area contributed by atoms with Gasteiger partial charge in [-0.1, -0.05) is 0 Å². The molecule has 0 aromatic heterocycles. The summed E-state index contributed by atoms with van der Waals surface area (Å²) in [4.78, 5) is 10.2. The second-order valence-corrected chi connectivity index (χ2v) is 1.54. The van der Waals surface area contributed by atoms with Crippen molar-refractivity contribution in [3.63, 3.8) is 0 Å². The van der Waals surface area contributed by atoms with Crippen LogP contribution in [0.5, 0.6) is 0 Å². The van der Waals surface area contributed by atoms with Crippen LogP contribution in [0.4, 0.5) is 0 Å². The molecule has 8 heavy (non-hydrogen) atoms. The first-order valence-electron chi connectivity index (χ1n) is 2.15. The first kappa shape index (κ1) is 7.10. The maximum atomic E-state index is 10.2. The van der Waals surface area contributed by atoms with Gasteiger partial charge in [0.25, 0.3) is 0 Å². The number of nitrogens with two attached hydrogens (primary N) is 2. The molecule has 0 aromatic carbocycles. The number of rotatable bonds is 2. The molecule has 4 nitrogen and oxygen atoms in total. The van der Waals surface area contributed by atoms with Crippen molar-refractivity contribution in [2.75, 3.05) is 0 Å². The molecular weight excluding hydrogens is 106 g/mol. The van der Waals surface area contributed by atoms with Crippen LogP contribution in [-0.2, 0) is 4.79 Å². The number of carbonyl (C=O) groups is 1. The average Bonchev–Trinajstić information content (AvgIpc) is 1.64. The Morgan fingerprint density at radius 3 is 2.12 bits per heavy atom. The zero-order chi connectivity index (χ0) is 6.73. The van der Waals surface area contributed by atoms with Gasteiger partial charge in [0.15, 0.2) is 5.78 Å². The van der Waals surface area contributed by atoms with E-state index in [4.69, 9.17) is 16.9 Å². The van der Waals surface area contributed by atoms with Gasteiger partial charge in [-0.3, -0.25) is 10.2 Å². The lowest BCUT2D eigenvalue weighted by molar-refractivity contribution is -0.116. The molecule has 0 saturated carbocycles. The van der Waals surface area contributed by atoms with Crippen LogP contribution >= 0.6 is 0 Å². The summed E-state index contributed by atoms with van der Waals surface area (Å²) in [5.41, 5.74) is 9.93. The molecule has 46 valence electrons. The fourth-order valence-corrected chi connectivity index (χ4v) is 0.219. The van der Waals surface area contributed by atoms with Crippen LogP contribution < -0.4 is 11.5 Å². The molecule has 0 bridgehead atoms. The summed E-state index contributed by atoms with van der Waals surface area (Å²) in [5, 5.41) is 6.66. The molecule has 4 heteroatoms. The van der Waals surface area contributed by atoms with Crippen molar-refractivity contribution in [2.24, 2.45) is 11.5 Å². The average molecular weight is 115 g/mol. The first-order chi connectivity index (χ1) is 3.55. The molecule has 0 aliphatic carbocycles. The van der Waals surface area contributed by atoms with Gasteiger partial charge < -0.3 is 11.5 Å². The van der Waals surface area contributed by atoms with Crippen molar-refractivity contribution in [3.05, 3.63) is 0 Å². The molecule has 1 atom stereocenters. The van der Waals surface area contributed by atoms with Crippen molar-refractivity contribution in [1.82, 2.24) is 0 Å². The van der Waals surface area contributed by atoms with Gasteiger partial charge >= 0.3 is 0 Å². The summed E-state index contributed by atoms with van der Waals surface area (Å²) >= 11 is 0. The van der Waals surface area contributed by atoms with E-state index < -0.39 is 6.04 Å². The van der Waals surface area contributed by atoms with Crippen LogP contribution in [0.15, 0.2) is 0 Å². The molecular formula is C4H9N3O.